The lowest BCUT2D eigenvalue weighted by Gasteiger charge is -1.96. The molecule has 0 bridgehead atoms. The van der Waals surface area contributed by atoms with Crippen LogP contribution in [-0.2, 0) is 0 Å². The summed E-state index contributed by atoms with van der Waals surface area (Å²) in [6.07, 6.45) is 1.74. The van der Waals surface area contributed by atoms with Crippen molar-refractivity contribution in [1.82, 2.24) is 20.2 Å². The molecule has 0 radical (unpaired) electrons. The zero-order valence-electron chi connectivity index (χ0n) is 8.28. The van der Waals surface area contributed by atoms with Crippen LogP contribution in [0, 0.1) is 6.92 Å². The van der Waals surface area contributed by atoms with E-state index in [0.717, 1.165) is 22.6 Å². The summed E-state index contributed by atoms with van der Waals surface area (Å²) in [5.74, 6) is 0.874. The zero-order chi connectivity index (χ0) is 10.3. The van der Waals surface area contributed by atoms with Gasteiger partial charge in [-0.15, -0.1) is 0 Å². The Bertz CT molecular complexity index is 560. The average Bonchev–Trinajstić information content (AvgIpc) is 2.78. The van der Waals surface area contributed by atoms with Crippen molar-refractivity contribution in [1.29, 1.82) is 0 Å². The predicted molar refractivity (Wildman–Crippen MR) is 58.4 cm³/mol. The van der Waals surface area contributed by atoms with Gasteiger partial charge in [-0.3, -0.25) is 5.10 Å². The number of nitrogens with one attached hydrogen (secondary N) is 2. The first kappa shape index (κ1) is 8.23. The fraction of sp³-hybridized carbons (Fsp3) is 0.0909. The molecule has 3 rings (SSSR count). The lowest BCUT2D eigenvalue weighted by molar-refractivity contribution is 1.09. The Kier molecular flexibility index (Phi) is 1.62. The molecular formula is C11H10N4. The number of H-pyrrole nitrogens is 2. The number of hydrogen-bond donors (Lipinski definition) is 2. The highest BCUT2D eigenvalue weighted by Crippen LogP contribution is 2.18. The highest BCUT2D eigenvalue weighted by Gasteiger charge is 2.05. The van der Waals surface area contributed by atoms with Gasteiger partial charge >= 0.3 is 0 Å². The summed E-state index contributed by atoms with van der Waals surface area (Å²) in [4.78, 5) is 7.61. The molecule has 0 aliphatic heterocycles. The van der Waals surface area contributed by atoms with Crippen LogP contribution in [0.3, 0.4) is 0 Å². The molecule has 0 atom stereocenters. The summed E-state index contributed by atoms with van der Waals surface area (Å²) in [5, 5.41) is 6.72. The summed E-state index contributed by atoms with van der Waals surface area (Å²) in [6.45, 7) is 2.07. The van der Waals surface area contributed by atoms with E-state index in [9.17, 15) is 0 Å². The number of aromatic nitrogens is 4. The molecule has 74 valence electrons. The third-order valence-corrected chi connectivity index (χ3v) is 2.42. The molecule has 0 aliphatic rings. The number of aryl methyl sites for hydroxylation is 1. The molecule has 3 aromatic rings. The van der Waals surface area contributed by atoms with Crippen molar-refractivity contribution >= 4 is 11.2 Å². The summed E-state index contributed by atoms with van der Waals surface area (Å²) in [6, 6.07) is 8.26. The molecule has 1 aromatic carbocycles. The van der Waals surface area contributed by atoms with Crippen LogP contribution in [-0.4, -0.2) is 20.2 Å². The van der Waals surface area contributed by atoms with E-state index in [2.05, 4.69) is 51.4 Å². The van der Waals surface area contributed by atoms with Gasteiger partial charge in [0.2, 0.25) is 0 Å². The van der Waals surface area contributed by atoms with Gasteiger partial charge in [0.05, 0.1) is 6.20 Å². The molecule has 2 N–H and O–H groups in total. The monoisotopic (exact) mass is 198 g/mol. The molecule has 0 spiro atoms. The van der Waals surface area contributed by atoms with Crippen LogP contribution >= 0.6 is 0 Å². The third kappa shape index (κ3) is 1.30. The Hall–Kier alpha value is -2.10. The Balaban J connectivity index is 2.13. The minimum Gasteiger partial charge on any atom is -0.335 e. The van der Waals surface area contributed by atoms with Gasteiger partial charge in [-0.05, 0) is 6.92 Å². The maximum absolute atomic E-state index is 4.40. The Morgan fingerprint density at radius 2 is 1.93 bits per heavy atom. The van der Waals surface area contributed by atoms with Crippen molar-refractivity contribution in [2.75, 3.05) is 0 Å². The molecule has 4 nitrogen and oxygen atoms in total. The second kappa shape index (κ2) is 2.95. The smallest absolute Gasteiger partial charge is 0.174 e. The van der Waals surface area contributed by atoms with Crippen LogP contribution in [0.15, 0.2) is 30.5 Å². The van der Waals surface area contributed by atoms with Crippen LogP contribution in [0.25, 0.3) is 22.6 Å². The van der Waals surface area contributed by atoms with E-state index in [1.54, 1.807) is 6.20 Å². The molecule has 4 heteroatoms. The molecule has 0 saturated heterocycles. The Labute approximate surface area is 86.4 Å². The number of imidazole rings is 1. The minimum absolute atomic E-state index is 0.797. The van der Waals surface area contributed by atoms with Crippen LogP contribution in [0.2, 0.25) is 0 Å². The summed E-state index contributed by atoms with van der Waals surface area (Å²) >= 11 is 0. The average molecular weight is 198 g/mol. The quantitative estimate of drug-likeness (QED) is 0.630. The van der Waals surface area contributed by atoms with Crippen molar-refractivity contribution < 1.29 is 0 Å². The van der Waals surface area contributed by atoms with Crippen molar-refractivity contribution in [3.63, 3.8) is 0 Å². The summed E-state index contributed by atoms with van der Waals surface area (Å²) in [7, 11) is 0. The van der Waals surface area contributed by atoms with E-state index in [4.69, 9.17) is 0 Å². The third-order valence-electron chi connectivity index (χ3n) is 2.42. The maximum Gasteiger partial charge on any atom is 0.174 e. The first-order chi connectivity index (χ1) is 7.33. The van der Waals surface area contributed by atoms with E-state index in [1.165, 1.54) is 5.56 Å². The molecule has 2 aromatic heterocycles. The number of nitrogens with zero attached hydrogens (tertiary/aromatic N) is 2. The van der Waals surface area contributed by atoms with Gasteiger partial charge in [-0.2, -0.15) is 5.10 Å². The van der Waals surface area contributed by atoms with Crippen LogP contribution in [0.5, 0.6) is 0 Å². The summed E-state index contributed by atoms with van der Waals surface area (Å²) in [5.41, 5.74) is 4.07. The van der Waals surface area contributed by atoms with Crippen molar-refractivity contribution in [3.05, 3.63) is 36.0 Å². The molecule has 0 unspecified atom stereocenters. The van der Waals surface area contributed by atoms with E-state index in [-0.39, 0.29) is 0 Å². The lowest BCUT2D eigenvalue weighted by Crippen LogP contribution is -1.81. The fourth-order valence-electron chi connectivity index (χ4n) is 1.57. The van der Waals surface area contributed by atoms with E-state index in [0.29, 0.717) is 0 Å². The number of fused-ring (bicyclic) bond motifs is 1. The standard InChI is InChI=1S/C11H10N4/c1-7-2-4-8(5-3-7)10-13-9-6-12-15-11(9)14-10/h2-6H,1H3,(H2,12,13,14,15). The highest BCUT2D eigenvalue weighted by atomic mass is 15.2. The van der Waals surface area contributed by atoms with Crippen molar-refractivity contribution in [3.8, 4) is 11.4 Å². The van der Waals surface area contributed by atoms with E-state index >= 15 is 0 Å². The number of aromatic amines is 2. The molecule has 0 fully saturated rings. The first-order valence-corrected chi connectivity index (χ1v) is 4.79. The van der Waals surface area contributed by atoms with Crippen LogP contribution < -0.4 is 0 Å². The van der Waals surface area contributed by atoms with Gasteiger partial charge in [0, 0.05) is 5.56 Å². The normalized spacial score (nSPS) is 11.0. The van der Waals surface area contributed by atoms with Gasteiger partial charge in [0.1, 0.15) is 11.3 Å². The lowest BCUT2D eigenvalue weighted by atomic mass is 10.1. The predicted octanol–water partition coefficient (Wildman–Crippen LogP) is 2.26. The first-order valence-electron chi connectivity index (χ1n) is 4.79. The molecule has 0 aliphatic carbocycles. The van der Waals surface area contributed by atoms with Crippen molar-refractivity contribution in [2.24, 2.45) is 0 Å². The van der Waals surface area contributed by atoms with Gasteiger partial charge in [0.25, 0.3) is 0 Å². The number of rotatable bonds is 1. The van der Waals surface area contributed by atoms with Gasteiger partial charge in [0.15, 0.2) is 5.65 Å². The zero-order valence-corrected chi connectivity index (χ0v) is 8.28. The van der Waals surface area contributed by atoms with Gasteiger partial charge in [-0.25, -0.2) is 4.98 Å². The van der Waals surface area contributed by atoms with Crippen molar-refractivity contribution in [2.45, 2.75) is 6.92 Å². The van der Waals surface area contributed by atoms with Gasteiger partial charge < -0.3 is 4.98 Å². The Morgan fingerprint density at radius 1 is 1.13 bits per heavy atom. The molecular weight excluding hydrogens is 188 g/mol. The maximum atomic E-state index is 4.40. The molecule has 0 saturated carbocycles. The van der Waals surface area contributed by atoms with Gasteiger partial charge in [-0.1, -0.05) is 29.8 Å². The second-order valence-corrected chi connectivity index (χ2v) is 3.58. The second-order valence-electron chi connectivity index (χ2n) is 3.58. The van der Waals surface area contributed by atoms with E-state index < -0.39 is 0 Å². The number of hydrogen-bond acceptors (Lipinski definition) is 2. The largest absolute Gasteiger partial charge is 0.335 e. The number of benzene rings is 1. The molecule has 2 heterocycles. The van der Waals surface area contributed by atoms with Crippen LogP contribution in [0.4, 0.5) is 0 Å². The van der Waals surface area contributed by atoms with Crippen LogP contribution in [0.1, 0.15) is 5.56 Å². The topological polar surface area (TPSA) is 57.4 Å². The summed E-state index contributed by atoms with van der Waals surface area (Å²) < 4.78 is 0. The molecule has 0 amide bonds. The molecule has 15 heavy (non-hydrogen) atoms. The van der Waals surface area contributed by atoms with E-state index in [1.807, 2.05) is 0 Å². The highest BCUT2D eigenvalue weighted by molar-refractivity contribution is 5.75. The SMILES string of the molecule is Cc1ccc(-c2nc3[nH]ncc3[nH]2)cc1. The Morgan fingerprint density at radius 3 is 2.67 bits per heavy atom. The minimum atomic E-state index is 0.797. The fourth-order valence-corrected chi connectivity index (χ4v) is 1.57.